The van der Waals surface area contributed by atoms with Crippen molar-refractivity contribution in [3.63, 3.8) is 0 Å². The molecule has 51 heavy (non-hydrogen) atoms. The van der Waals surface area contributed by atoms with Crippen molar-refractivity contribution in [1.82, 2.24) is 10.9 Å². The molecule has 1 amide bonds. The van der Waals surface area contributed by atoms with E-state index in [1.165, 1.54) is 0 Å². The molecule has 1 aliphatic heterocycles. The summed E-state index contributed by atoms with van der Waals surface area (Å²) < 4.78 is 40.1. The van der Waals surface area contributed by atoms with Crippen LogP contribution in [0.2, 0.25) is 0 Å². The summed E-state index contributed by atoms with van der Waals surface area (Å²) in [4.78, 5) is 22.5. The van der Waals surface area contributed by atoms with E-state index in [9.17, 15) is 19.1 Å². The van der Waals surface area contributed by atoms with Crippen LogP contribution < -0.4 is 15.6 Å². The second-order valence-corrected chi connectivity index (χ2v) is 11.9. The molecule has 0 radical (unpaired) electrons. The Morgan fingerprint density at radius 2 is 1.57 bits per heavy atom. The van der Waals surface area contributed by atoms with Crippen LogP contribution in [0.4, 0.5) is 14.5 Å². The van der Waals surface area contributed by atoms with Crippen LogP contribution in [-0.2, 0) is 22.5 Å². The minimum Gasteiger partial charge on any atom is -0.494 e. The number of nitrogens with one attached hydrogen (secondary N) is 2. The lowest BCUT2D eigenvalue weighted by molar-refractivity contribution is -0.130. The molecule has 0 spiro atoms. The molecule has 5 aromatic carbocycles. The molecule has 0 unspecified atom stereocenters. The van der Waals surface area contributed by atoms with Gasteiger partial charge in [0.05, 0.1) is 6.61 Å². The third-order valence-corrected chi connectivity index (χ3v) is 8.37. The van der Waals surface area contributed by atoms with Gasteiger partial charge in [-0.3, -0.25) is 10.2 Å². The minimum absolute atomic E-state index is 0.0113. The summed E-state index contributed by atoms with van der Waals surface area (Å²) in [6.07, 6.45) is -0.522. The number of aliphatic hydroxyl groups is 1. The smallest absolute Gasteiger partial charge is 0.266 e. The monoisotopic (exact) mass is 688 g/mol. The number of aliphatic imine (C=N–C) groups is 1. The number of halogens is 2. The Morgan fingerprint density at radius 3 is 2.27 bits per heavy atom. The number of nitrogens with zero attached hydrogens (tertiary/aromatic N) is 4. The topological polar surface area (TPSA) is 141 Å². The number of aliphatic hydroxyl groups excluding tert-OH is 1. The molecule has 0 aliphatic carbocycles. The molecule has 1 heterocycles. The number of carbonyl (C=O) groups excluding carboxylic acids is 1. The van der Waals surface area contributed by atoms with Crippen molar-refractivity contribution in [2.45, 2.75) is 31.0 Å². The highest BCUT2D eigenvalue weighted by atomic mass is 19.1. The summed E-state index contributed by atoms with van der Waals surface area (Å²) >= 11 is 0. The van der Waals surface area contributed by atoms with Crippen molar-refractivity contribution < 1.29 is 28.2 Å². The number of rotatable bonds is 14. The number of azide groups is 1. The SMILES string of the molecule is [N-]=[N+]=Nc1ccccc1C[C@]1(C(=O)NNCc2cc(F)cc(F)c2)N=C(c2ccc(OCCCO)cc2)O[C@H]1c1ccc(-c2ccccc2)cc1. The van der Waals surface area contributed by atoms with Gasteiger partial charge in [0, 0.05) is 48.2 Å². The van der Waals surface area contributed by atoms with Crippen LogP contribution in [0.15, 0.2) is 131 Å². The van der Waals surface area contributed by atoms with Gasteiger partial charge in [-0.15, -0.1) is 0 Å². The van der Waals surface area contributed by atoms with Crippen LogP contribution in [0.25, 0.3) is 21.6 Å². The van der Waals surface area contributed by atoms with Crippen molar-refractivity contribution in [2.75, 3.05) is 13.2 Å². The van der Waals surface area contributed by atoms with Gasteiger partial charge in [0.15, 0.2) is 11.6 Å². The van der Waals surface area contributed by atoms with E-state index >= 15 is 0 Å². The Kier molecular flexibility index (Phi) is 11.0. The first kappa shape index (κ1) is 34.8. The summed E-state index contributed by atoms with van der Waals surface area (Å²) in [5.41, 5.74) is 17.5. The molecule has 3 N–H and O–H groups in total. The first-order valence-electron chi connectivity index (χ1n) is 16.3. The lowest BCUT2D eigenvalue weighted by Crippen LogP contribution is -2.53. The van der Waals surface area contributed by atoms with E-state index in [0.717, 1.165) is 29.3 Å². The summed E-state index contributed by atoms with van der Waals surface area (Å²) in [5, 5.41) is 13.0. The Bertz CT molecular complexity index is 2040. The molecule has 0 bridgehead atoms. The summed E-state index contributed by atoms with van der Waals surface area (Å²) in [5.74, 6) is -1.30. The number of hydrogen-bond donors (Lipinski definition) is 3. The molecule has 2 atom stereocenters. The number of benzene rings is 5. The van der Waals surface area contributed by atoms with Gasteiger partial charge in [0.25, 0.3) is 5.91 Å². The molecule has 258 valence electrons. The first-order valence-corrected chi connectivity index (χ1v) is 16.3. The van der Waals surface area contributed by atoms with Crippen molar-refractivity contribution in [3.05, 3.63) is 166 Å². The van der Waals surface area contributed by atoms with E-state index < -0.39 is 29.2 Å². The first-order chi connectivity index (χ1) is 24.9. The highest BCUT2D eigenvalue weighted by Gasteiger charge is 2.53. The third kappa shape index (κ3) is 8.22. The standard InChI is InChI=1S/C39H34F2N6O4/c40-32-21-26(22-33(41)23-32)25-43-46-38(49)39(24-31-9-4-5-10-35(31)45-47-42)36(29-13-11-28(12-14-29)27-7-2-1-3-8-27)51-37(44-39)30-15-17-34(18-16-30)50-20-6-19-48/h1-5,7-18,21-23,36,43,48H,6,19-20,24-25H2,(H,46,49)/t36-,39-/m0/s1. The van der Waals surface area contributed by atoms with Crippen molar-refractivity contribution in [3.8, 4) is 16.9 Å². The zero-order valence-corrected chi connectivity index (χ0v) is 27.4. The predicted octanol–water partition coefficient (Wildman–Crippen LogP) is 7.66. The molecule has 12 heteroatoms. The lowest BCUT2D eigenvalue weighted by Gasteiger charge is -2.31. The van der Waals surface area contributed by atoms with E-state index in [1.807, 2.05) is 54.6 Å². The second-order valence-electron chi connectivity index (χ2n) is 11.9. The lowest BCUT2D eigenvalue weighted by atomic mass is 9.81. The predicted molar refractivity (Wildman–Crippen MR) is 189 cm³/mol. The number of hydrazine groups is 1. The van der Waals surface area contributed by atoms with Crippen LogP contribution in [0.1, 0.15) is 34.8 Å². The van der Waals surface area contributed by atoms with Gasteiger partial charge in [-0.2, -0.15) is 0 Å². The van der Waals surface area contributed by atoms with Crippen LogP contribution in [0, 0.1) is 11.6 Å². The Labute approximate surface area is 293 Å². The zero-order chi connectivity index (χ0) is 35.6. The van der Waals surface area contributed by atoms with Crippen LogP contribution in [0.3, 0.4) is 0 Å². The zero-order valence-electron chi connectivity index (χ0n) is 27.4. The van der Waals surface area contributed by atoms with Gasteiger partial charge in [0.2, 0.25) is 5.90 Å². The Morgan fingerprint density at radius 1 is 0.902 bits per heavy atom. The maximum Gasteiger partial charge on any atom is 0.266 e. The summed E-state index contributed by atoms with van der Waals surface area (Å²) in [6, 6.07) is 34.5. The van der Waals surface area contributed by atoms with E-state index in [-0.39, 0.29) is 31.0 Å². The van der Waals surface area contributed by atoms with Crippen LogP contribution in [-0.4, -0.2) is 35.7 Å². The van der Waals surface area contributed by atoms with Gasteiger partial charge in [-0.25, -0.2) is 19.2 Å². The highest BCUT2D eigenvalue weighted by Crippen LogP contribution is 2.44. The van der Waals surface area contributed by atoms with Gasteiger partial charge in [-0.05, 0) is 69.7 Å². The number of amides is 1. The maximum absolute atomic E-state index is 14.6. The van der Waals surface area contributed by atoms with Gasteiger partial charge in [-0.1, -0.05) is 84.0 Å². The fourth-order valence-electron chi connectivity index (χ4n) is 5.91. The molecule has 10 nitrogen and oxygen atoms in total. The van der Waals surface area contributed by atoms with Gasteiger partial charge >= 0.3 is 0 Å². The molecule has 0 aromatic heterocycles. The number of hydrogen-bond acceptors (Lipinski definition) is 7. The molecule has 5 aromatic rings. The Hall–Kier alpha value is -6.07. The van der Waals surface area contributed by atoms with E-state index in [1.54, 1.807) is 48.5 Å². The fourth-order valence-corrected chi connectivity index (χ4v) is 5.91. The molecule has 0 saturated heterocycles. The summed E-state index contributed by atoms with van der Waals surface area (Å²) in [7, 11) is 0. The average Bonchev–Trinajstić information content (AvgIpc) is 3.53. The largest absolute Gasteiger partial charge is 0.494 e. The maximum atomic E-state index is 14.6. The quantitative estimate of drug-likeness (QED) is 0.0361. The molecule has 0 saturated carbocycles. The number of ether oxygens (including phenoxy) is 2. The molecular formula is C39H34F2N6O4. The van der Waals surface area contributed by atoms with Gasteiger partial charge < -0.3 is 14.6 Å². The van der Waals surface area contributed by atoms with Crippen LogP contribution >= 0.6 is 0 Å². The molecule has 1 aliphatic rings. The number of carbonyl (C=O) groups is 1. The van der Waals surface area contributed by atoms with Crippen molar-refractivity contribution >= 4 is 17.5 Å². The highest BCUT2D eigenvalue weighted by molar-refractivity contribution is 6.01. The molecule has 6 rings (SSSR count). The summed E-state index contributed by atoms with van der Waals surface area (Å²) in [6.45, 7) is 0.270. The van der Waals surface area contributed by atoms with E-state index in [2.05, 4.69) is 20.9 Å². The third-order valence-electron chi connectivity index (χ3n) is 8.37. The van der Waals surface area contributed by atoms with Crippen LogP contribution in [0.5, 0.6) is 5.75 Å². The van der Waals surface area contributed by atoms with Crippen molar-refractivity contribution in [1.29, 1.82) is 0 Å². The van der Waals surface area contributed by atoms with Crippen molar-refractivity contribution in [2.24, 2.45) is 10.1 Å². The molecular weight excluding hydrogens is 654 g/mol. The Balaban J connectivity index is 1.41. The van der Waals surface area contributed by atoms with E-state index in [4.69, 9.17) is 19.6 Å². The normalized spacial score (nSPS) is 16.5. The van der Waals surface area contributed by atoms with E-state index in [0.29, 0.717) is 41.2 Å². The van der Waals surface area contributed by atoms with Gasteiger partial charge in [0.1, 0.15) is 17.4 Å². The minimum atomic E-state index is -1.67. The average molecular weight is 689 g/mol. The molecule has 0 fully saturated rings. The fraction of sp³-hybridized carbons (Fsp3) is 0.179. The second kappa shape index (κ2) is 16.1.